The maximum atomic E-state index is 13.3. The minimum absolute atomic E-state index is 0.0811. The summed E-state index contributed by atoms with van der Waals surface area (Å²) in [7, 11) is 0. The van der Waals surface area contributed by atoms with E-state index in [0.717, 1.165) is 58.4 Å². The number of hydrogen-bond acceptors (Lipinski definition) is 6. The Morgan fingerprint density at radius 1 is 1.07 bits per heavy atom. The average molecular weight is 430 g/mol. The zero-order valence-electron chi connectivity index (χ0n) is 18.4. The van der Waals surface area contributed by atoms with Crippen molar-refractivity contribution in [1.29, 1.82) is 0 Å². The van der Waals surface area contributed by atoms with Gasteiger partial charge in [-0.05, 0) is 46.1 Å². The Hall–Kier alpha value is -2.06. The van der Waals surface area contributed by atoms with E-state index in [2.05, 4.69) is 4.90 Å². The predicted octanol–water partition coefficient (Wildman–Crippen LogP) is 2.81. The van der Waals surface area contributed by atoms with Crippen molar-refractivity contribution < 1.29 is 9.59 Å². The molecule has 0 atom stereocenters. The van der Waals surface area contributed by atoms with Crippen molar-refractivity contribution in [2.75, 3.05) is 45.8 Å². The third kappa shape index (κ3) is 4.07. The van der Waals surface area contributed by atoms with Crippen LogP contribution in [0, 0.1) is 13.8 Å². The molecule has 30 heavy (non-hydrogen) atoms. The lowest BCUT2D eigenvalue weighted by molar-refractivity contribution is -0.132. The molecule has 0 aromatic carbocycles. The summed E-state index contributed by atoms with van der Waals surface area (Å²) in [5.74, 6) is 1.69. The minimum atomic E-state index is 0.0811. The van der Waals surface area contributed by atoms with E-state index in [9.17, 15) is 9.59 Å². The lowest BCUT2D eigenvalue weighted by Gasteiger charge is -2.35. The van der Waals surface area contributed by atoms with Crippen LogP contribution in [0.4, 0.5) is 0 Å². The van der Waals surface area contributed by atoms with Crippen LogP contribution in [0.5, 0.6) is 0 Å². The molecule has 7 nitrogen and oxygen atoms in total. The number of aromatic nitrogens is 2. The number of carbonyl (C=O) groups is 2. The van der Waals surface area contributed by atoms with Crippen molar-refractivity contribution in [2.24, 2.45) is 0 Å². The van der Waals surface area contributed by atoms with Crippen LogP contribution in [0.25, 0.3) is 10.2 Å². The molecule has 2 aliphatic rings. The molecule has 3 heterocycles. The smallest absolute Gasteiger partial charge is 0.264 e. The lowest BCUT2D eigenvalue weighted by atomic mass is 10.1. The molecule has 0 bridgehead atoms. The van der Waals surface area contributed by atoms with E-state index < -0.39 is 0 Å². The molecule has 0 unspecified atom stereocenters. The monoisotopic (exact) mass is 429 g/mol. The first-order chi connectivity index (χ1) is 14.4. The predicted molar refractivity (Wildman–Crippen MR) is 119 cm³/mol. The number of rotatable bonds is 6. The van der Waals surface area contributed by atoms with Gasteiger partial charge >= 0.3 is 0 Å². The summed E-state index contributed by atoms with van der Waals surface area (Å²) in [4.78, 5) is 42.7. The molecule has 4 rings (SSSR count). The number of hydrogen-bond donors (Lipinski definition) is 0. The molecule has 2 aromatic rings. The van der Waals surface area contributed by atoms with Crippen LogP contribution in [0.15, 0.2) is 0 Å². The molecule has 8 heteroatoms. The lowest BCUT2D eigenvalue weighted by Crippen LogP contribution is -2.51. The Balaban J connectivity index is 1.44. The first-order valence-corrected chi connectivity index (χ1v) is 11.8. The molecule has 1 saturated carbocycles. The summed E-state index contributed by atoms with van der Waals surface area (Å²) < 4.78 is 0. The Labute approximate surface area is 182 Å². The fourth-order valence-corrected chi connectivity index (χ4v) is 5.42. The Morgan fingerprint density at radius 2 is 1.73 bits per heavy atom. The van der Waals surface area contributed by atoms with E-state index in [1.54, 1.807) is 0 Å². The highest BCUT2D eigenvalue weighted by Crippen LogP contribution is 2.40. The summed E-state index contributed by atoms with van der Waals surface area (Å²) in [5.41, 5.74) is 1.98. The van der Waals surface area contributed by atoms with Gasteiger partial charge < -0.3 is 9.80 Å². The maximum absolute atomic E-state index is 13.3. The van der Waals surface area contributed by atoms with Crippen LogP contribution >= 0.6 is 11.3 Å². The largest absolute Gasteiger partial charge is 0.342 e. The quantitative estimate of drug-likeness (QED) is 0.706. The number of nitrogens with zero attached hydrogens (tertiary/aromatic N) is 5. The zero-order valence-corrected chi connectivity index (χ0v) is 19.2. The standard InChI is InChI=1S/C22H31N5O2S/c1-5-26(6-2)17(28)13-25-9-11-27(12-10-25)22(29)19-14(3)18-15(4)23-20(16-7-8-16)24-21(18)30-19/h16H,5-13H2,1-4H3. The number of likely N-dealkylation sites (N-methyl/N-ethyl adjacent to an activating group) is 1. The zero-order chi connectivity index (χ0) is 21.4. The molecule has 0 spiro atoms. The van der Waals surface area contributed by atoms with Gasteiger partial charge in [0.1, 0.15) is 10.7 Å². The molecule has 162 valence electrons. The van der Waals surface area contributed by atoms with Gasteiger partial charge in [-0.15, -0.1) is 11.3 Å². The molecule has 2 aromatic heterocycles. The summed E-state index contributed by atoms with van der Waals surface area (Å²) in [6, 6.07) is 0. The molecule has 0 N–H and O–H groups in total. The molecule has 1 aliphatic carbocycles. The van der Waals surface area contributed by atoms with E-state index in [0.29, 0.717) is 25.6 Å². The molecular weight excluding hydrogens is 398 g/mol. The fraction of sp³-hybridized carbons (Fsp3) is 0.636. The maximum Gasteiger partial charge on any atom is 0.264 e. The summed E-state index contributed by atoms with van der Waals surface area (Å²) in [5, 5.41) is 1.04. The normalized spacial score (nSPS) is 17.5. The number of carbonyl (C=O) groups excluding carboxylic acids is 2. The highest BCUT2D eigenvalue weighted by atomic mass is 32.1. The second-order valence-corrected chi connectivity index (χ2v) is 9.31. The summed E-state index contributed by atoms with van der Waals surface area (Å²) in [6.45, 7) is 12.7. The molecule has 2 amide bonds. The molecular formula is C22H31N5O2S. The van der Waals surface area contributed by atoms with Crippen LogP contribution in [0.1, 0.15) is 59.4 Å². The highest BCUT2D eigenvalue weighted by Gasteiger charge is 2.30. The van der Waals surface area contributed by atoms with Crippen molar-refractivity contribution in [3.8, 4) is 0 Å². The van der Waals surface area contributed by atoms with Gasteiger partial charge in [-0.1, -0.05) is 0 Å². The van der Waals surface area contributed by atoms with Crippen molar-refractivity contribution in [1.82, 2.24) is 24.7 Å². The Bertz CT molecular complexity index is 956. The SMILES string of the molecule is CCN(CC)C(=O)CN1CCN(C(=O)c2sc3nc(C4CC4)nc(C)c3c2C)CC1. The van der Waals surface area contributed by atoms with E-state index >= 15 is 0 Å². The first kappa shape index (κ1) is 21.2. The second-order valence-electron chi connectivity index (χ2n) is 8.31. The van der Waals surface area contributed by atoms with Crippen LogP contribution < -0.4 is 0 Å². The topological polar surface area (TPSA) is 69.6 Å². The van der Waals surface area contributed by atoms with E-state index in [4.69, 9.17) is 9.97 Å². The van der Waals surface area contributed by atoms with Gasteiger partial charge in [-0.25, -0.2) is 9.97 Å². The number of amides is 2. The second kappa shape index (κ2) is 8.59. The highest BCUT2D eigenvalue weighted by molar-refractivity contribution is 7.20. The third-order valence-electron chi connectivity index (χ3n) is 6.26. The van der Waals surface area contributed by atoms with Crippen molar-refractivity contribution in [3.63, 3.8) is 0 Å². The number of aryl methyl sites for hydroxylation is 2. The van der Waals surface area contributed by atoms with Crippen LogP contribution in [-0.4, -0.2) is 82.3 Å². The van der Waals surface area contributed by atoms with Crippen LogP contribution in [0.3, 0.4) is 0 Å². The third-order valence-corrected chi connectivity index (χ3v) is 7.43. The van der Waals surface area contributed by atoms with Gasteiger partial charge in [-0.2, -0.15) is 0 Å². The van der Waals surface area contributed by atoms with Gasteiger partial charge in [0.05, 0.1) is 17.1 Å². The number of fused-ring (bicyclic) bond motifs is 1. The summed E-state index contributed by atoms with van der Waals surface area (Å²) in [6.07, 6.45) is 2.34. The fourth-order valence-electron chi connectivity index (χ4n) is 4.21. The van der Waals surface area contributed by atoms with E-state index in [1.807, 2.05) is 37.5 Å². The number of thiophene rings is 1. The average Bonchev–Trinajstić information content (AvgIpc) is 3.53. The number of piperazine rings is 1. The van der Waals surface area contributed by atoms with E-state index in [-0.39, 0.29) is 11.8 Å². The molecule has 0 radical (unpaired) electrons. The van der Waals surface area contributed by atoms with Crippen molar-refractivity contribution >= 4 is 33.4 Å². The van der Waals surface area contributed by atoms with Crippen molar-refractivity contribution in [3.05, 3.63) is 22.0 Å². The van der Waals surface area contributed by atoms with Gasteiger partial charge in [0, 0.05) is 50.6 Å². The Morgan fingerprint density at radius 3 is 2.33 bits per heavy atom. The van der Waals surface area contributed by atoms with Gasteiger partial charge in [0.25, 0.3) is 5.91 Å². The molecule has 1 aliphatic heterocycles. The molecule has 1 saturated heterocycles. The van der Waals surface area contributed by atoms with Crippen LogP contribution in [0.2, 0.25) is 0 Å². The minimum Gasteiger partial charge on any atom is -0.342 e. The van der Waals surface area contributed by atoms with Gasteiger partial charge in [0.15, 0.2) is 0 Å². The summed E-state index contributed by atoms with van der Waals surface area (Å²) >= 11 is 1.50. The van der Waals surface area contributed by atoms with Gasteiger partial charge in [-0.3, -0.25) is 14.5 Å². The van der Waals surface area contributed by atoms with Crippen molar-refractivity contribution in [2.45, 2.75) is 46.5 Å². The first-order valence-electron chi connectivity index (χ1n) is 11.0. The Kier molecular flexibility index (Phi) is 6.06. The van der Waals surface area contributed by atoms with Gasteiger partial charge in [0.2, 0.25) is 5.91 Å². The molecule has 2 fully saturated rings. The van der Waals surface area contributed by atoms with E-state index in [1.165, 1.54) is 24.2 Å². The van der Waals surface area contributed by atoms with Crippen LogP contribution in [-0.2, 0) is 4.79 Å².